The Hall–Kier alpha value is -3.13. The van der Waals surface area contributed by atoms with Crippen molar-refractivity contribution in [2.45, 2.75) is 32.2 Å². The van der Waals surface area contributed by atoms with Crippen LogP contribution in [-0.2, 0) is 6.54 Å². The van der Waals surface area contributed by atoms with Gasteiger partial charge in [0.1, 0.15) is 12.4 Å². The SMILES string of the molecule is CC#CCn1nc(NC(=O)c2ccc(F)cc2)c2cccc(C3CC3)c21. The minimum Gasteiger partial charge on any atom is -0.305 e. The highest BCUT2D eigenvalue weighted by atomic mass is 19.1. The first-order valence-corrected chi connectivity index (χ1v) is 8.63. The molecule has 0 bridgehead atoms. The van der Waals surface area contributed by atoms with Gasteiger partial charge in [0.15, 0.2) is 5.82 Å². The minimum absolute atomic E-state index is 0.310. The first-order valence-electron chi connectivity index (χ1n) is 8.63. The first-order chi connectivity index (χ1) is 12.7. The maximum atomic E-state index is 13.1. The summed E-state index contributed by atoms with van der Waals surface area (Å²) in [6, 6.07) is 11.6. The van der Waals surface area contributed by atoms with E-state index in [2.05, 4.69) is 28.3 Å². The van der Waals surface area contributed by atoms with E-state index < -0.39 is 0 Å². The number of halogens is 1. The second-order valence-electron chi connectivity index (χ2n) is 6.41. The van der Waals surface area contributed by atoms with E-state index in [1.807, 2.05) is 16.8 Å². The molecule has 4 rings (SSSR count). The summed E-state index contributed by atoms with van der Waals surface area (Å²) in [6.45, 7) is 2.27. The van der Waals surface area contributed by atoms with E-state index in [-0.39, 0.29) is 11.7 Å². The highest BCUT2D eigenvalue weighted by Gasteiger charge is 2.28. The van der Waals surface area contributed by atoms with Gasteiger partial charge >= 0.3 is 0 Å². The van der Waals surface area contributed by atoms with E-state index in [1.54, 1.807) is 6.92 Å². The average molecular weight is 347 g/mol. The van der Waals surface area contributed by atoms with E-state index in [1.165, 1.54) is 42.7 Å². The van der Waals surface area contributed by atoms with Crippen LogP contribution in [0.15, 0.2) is 42.5 Å². The number of nitrogens with one attached hydrogen (secondary N) is 1. The number of benzene rings is 2. The van der Waals surface area contributed by atoms with Gasteiger partial charge in [0.25, 0.3) is 5.91 Å². The van der Waals surface area contributed by atoms with E-state index in [0.29, 0.717) is 23.8 Å². The van der Waals surface area contributed by atoms with Crippen molar-refractivity contribution >= 4 is 22.6 Å². The van der Waals surface area contributed by atoms with Crippen LogP contribution in [0.5, 0.6) is 0 Å². The molecule has 2 aromatic carbocycles. The molecule has 0 atom stereocenters. The van der Waals surface area contributed by atoms with Crippen molar-refractivity contribution in [3.05, 3.63) is 59.4 Å². The van der Waals surface area contributed by atoms with Gasteiger partial charge < -0.3 is 5.32 Å². The Morgan fingerprint density at radius 1 is 1.27 bits per heavy atom. The highest BCUT2D eigenvalue weighted by Crippen LogP contribution is 2.44. The number of aromatic nitrogens is 2. The molecule has 0 aliphatic heterocycles. The normalized spacial score (nSPS) is 13.3. The number of fused-ring (bicyclic) bond motifs is 1. The topological polar surface area (TPSA) is 46.9 Å². The summed E-state index contributed by atoms with van der Waals surface area (Å²) < 4.78 is 14.9. The molecule has 1 amide bonds. The lowest BCUT2D eigenvalue weighted by atomic mass is 10.1. The Morgan fingerprint density at radius 3 is 2.73 bits per heavy atom. The molecule has 1 heterocycles. The number of carbonyl (C=O) groups excluding carboxylic acids is 1. The van der Waals surface area contributed by atoms with Gasteiger partial charge in [0.2, 0.25) is 0 Å². The van der Waals surface area contributed by atoms with Gasteiger partial charge in [0, 0.05) is 10.9 Å². The van der Waals surface area contributed by atoms with Crippen molar-refractivity contribution < 1.29 is 9.18 Å². The van der Waals surface area contributed by atoms with Gasteiger partial charge in [-0.25, -0.2) is 4.39 Å². The number of hydrogen-bond acceptors (Lipinski definition) is 2. The Morgan fingerprint density at radius 2 is 2.04 bits per heavy atom. The van der Waals surface area contributed by atoms with Crippen molar-refractivity contribution in [2.75, 3.05) is 5.32 Å². The van der Waals surface area contributed by atoms with Crippen molar-refractivity contribution in [1.82, 2.24) is 9.78 Å². The van der Waals surface area contributed by atoms with Gasteiger partial charge in [-0.3, -0.25) is 9.48 Å². The molecule has 5 heteroatoms. The Bertz CT molecular complexity index is 1040. The number of anilines is 1. The van der Waals surface area contributed by atoms with Gasteiger partial charge in [0.05, 0.1) is 5.52 Å². The van der Waals surface area contributed by atoms with Gasteiger partial charge in [-0.1, -0.05) is 18.1 Å². The van der Waals surface area contributed by atoms with Gasteiger partial charge in [-0.05, 0) is 61.6 Å². The molecular formula is C21H18FN3O. The van der Waals surface area contributed by atoms with Crippen LogP contribution in [0.25, 0.3) is 10.9 Å². The Kier molecular flexibility index (Phi) is 4.18. The summed E-state index contributed by atoms with van der Waals surface area (Å²) in [5.74, 6) is 6.32. The molecule has 1 aliphatic carbocycles. The third-order valence-electron chi connectivity index (χ3n) is 4.56. The predicted octanol–water partition coefficient (Wildman–Crippen LogP) is 4.33. The predicted molar refractivity (Wildman–Crippen MR) is 99.5 cm³/mol. The maximum Gasteiger partial charge on any atom is 0.256 e. The van der Waals surface area contributed by atoms with Crippen LogP contribution >= 0.6 is 0 Å². The molecule has 3 aromatic rings. The van der Waals surface area contributed by atoms with Crippen molar-refractivity contribution in [2.24, 2.45) is 0 Å². The van der Waals surface area contributed by atoms with Crippen molar-refractivity contribution in [3.63, 3.8) is 0 Å². The zero-order chi connectivity index (χ0) is 18.1. The van der Waals surface area contributed by atoms with E-state index in [0.717, 1.165) is 10.9 Å². The first kappa shape index (κ1) is 16.3. The quantitative estimate of drug-likeness (QED) is 0.714. The van der Waals surface area contributed by atoms with E-state index in [9.17, 15) is 9.18 Å². The molecule has 130 valence electrons. The molecule has 1 aliphatic rings. The minimum atomic E-state index is -0.372. The fraction of sp³-hybridized carbons (Fsp3) is 0.238. The largest absolute Gasteiger partial charge is 0.305 e. The fourth-order valence-corrected chi connectivity index (χ4v) is 3.13. The maximum absolute atomic E-state index is 13.1. The van der Waals surface area contributed by atoms with Gasteiger partial charge in [-0.15, -0.1) is 5.92 Å². The standard InChI is InChI=1S/C21H18FN3O/c1-2-3-13-25-19-17(14-7-8-14)5-4-6-18(19)20(24-25)23-21(26)15-9-11-16(22)12-10-15/h4-6,9-12,14H,7-8,13H2,1H3,(H,23,24,26). The van der Waals surface area contributed by atoms with Gasteiger partial charge in [-0.2, -0.15) is 5.10 Å². The van der Waals surface area contributed by atoms with Crippen LogP contribution in [-0.4, -0.2) is 15.7 Å². The number of carbonyl (C=O) groups is 1. The van der Waals surface area contributed by atoms with Crippen molar-refractivity contribution in [1.29, 1.82) is 0 Å². The number of para-hydroxylation sites is 1. The monoisotopic (exact) mass is 347 g/mol. The third-order valence-corrected chi connectivity index (χ3v) is 4.56. The van der Waals surface area contributed by atoms with Crippen LogP contribution in [0.4, 0.5) is 10.2 Å². The average Bonchev–Trinajstić information content (AvgIpc) is 3.44. The molecular weight excluding hydrogens is 329 g/mol. The molecule has 0 saturated heterocycles. The second-order valence-corrected chi connectivity index (χ2v) is 6.41. The molecule has 1 aromatic heterocycles. The summed E-state index contributed by atoms with van der Waals surface area (Å²) in [5, 5.41) is 8.36. The van der Waals surface area contributed by atoms with E-state index >= 15 is 0 Å². The fourth-order valence-electron chi connectivity index (χ4n) is 3.13. The smallest absolute Gasteiger partial charge is 0.256 e. The summed E-state index contributed by atoms with van der Waals surface area (Å²) in [6.07, 6.45) is 2.36. The van der Waals surface area contributed by atoms with Crippen LogP contribution in [0, 0.1) is 17.7 Å². The summed E-state index contributed by atoms with van der Waals surface area (Å²) in [4.78, 5) is 12.5. The zero-order valence-corrected chi connectivity index (χ0v) is 14.4. The number of rotatable bonds is 4. The molecule has 1 N–H and O–H groups in total. The summed E-state index contributed by atoms with van der Waals surface area (Å²) in [5.41, 5.74) is 2.68. The molecule has 0 unspecified atom stereocenters. The molecule has 1 saturated carbocycles. The number of amides is 1. The summed E-state index contributed by atoms with van der Waals surface area (Å²) in [7, 11) is 0. The Labute approximate surface area is 151 Å². The lowest BCUT2D eigenvalue weighted by Crippen LogP contribution is -2.12. The number of hydrogen-bond donors (Lipinski definition) is 1. The zero-order valence-electron chi connectivity index (χ0n) is 14.4. The van der Waals surface area contributed by atoms with Crippen LogP contribution in [0.1, 0.15) is 41.6 Å². The molecule has 26 heavy (non-hydrogen) atoms. The molecule has 0 spiro atoms. The number of nitrogens with zero attached hydrogens (tertiary/aromatic N) is 2. The lowest BCUT2D eigenvalue weighted by molar-refractivity contribution is 0.102. The van der Waals surface area contributed by atoms with Crippen LogP contribution in [0.2, 0.25) is 0 Å². The molecule has 0 radical (unpaired) electrons. The Balaban J connectivity index is 1.74. The highest BCUT2D eigenvalue weighted by molar-refractivity contribution is 6.08. The van der Waals surface area contributed by atoms with Crippen LogP contribution in [0.3, 0.4) is 0 Å². The molecule has 4 nitrogen and oxygen atoms in total. The molecule has 1 fully saturated rings. The van der Waals surface area contributed by atoms with E-state index in [4.69, 9.17) is 0 Å². The lowest BCUT2D eigenvalue weighted by Gasteiger charge is -2.04. The second kappa shape index (κ2) is 6.64. The summed E-state index contributed by atoms with van der Waals surface area (Å²) >= 11 is 0. The van der Waals surface area contributed by atoms with Crippen LogP contribution < -0.4 is 5.32 Å². The third kappa shape index (κ3) is 3.06. The van der Waals surface area contributed by atoms with Crippen molar-refractivity contribution in [3.8, 4) is 11.8 Å².